The first-order valence-electron chi connectivity index (χ1n) is 1.88. The molecule has 4 nitrogen and oxygen atoms in total. The zero-order chi connectivity index (χ0) is 5.98. The van der Waals surface area contributed by atoms with Crippen molar-refractivity contribution in [3.05, 3.63) is 18.7 Å². The summed E-state index contributed by atoms with van der Waals surface area (Å²) in [6.45, 7) is 0. The molecule has 0 N–H and O–H groups in total. The number of aromatic nitrogens is 2. The molecule has 0 aliphatic heterocycles. The van der Waals surface area contributed by atoms with Gasteiger partial charge in [0.15, 0.2) is 0 Å². The smallest absolute Gasteiger partial charge is 0.755 e. The van der Waals surface area contributed by atoms with Gasteiger partial charge in [0.1, 0.15) is 6.33 Å². The zero-order valence-electron chi connectivity index (χ0n) is 4.85. The van der Waals surface area contributed by atoms with E-state index in [1.54, 1.807) is 0 Å². The van der Waals surface area contributed by atoms with Gasteiger partial charge < -0.3 is 4.55 Å². The van der Waals surface area contributed by atoms with Crippen molar-refractivity contribution in [2.75, 3.05) is 0 Å². The molecule has 0 saturated heterocycles. The molecule has 0 bridgehead atoms. The third-order valence-electron chi connectivity index (χ3n) is 0.652. The van der Waals surface area contributed by atoms with Gasteiger partial charge in [0.05, 0.1) is 11.3 Å². The summed E-state index contributed by atoms with van der Waals surface area (Å²) < 4.78 is 20.9. The fourth-order valence-electron chi connectivity index (χ4n) is 0.335. The molecule has 6 heteroatoms. The maximum atomic E-state index is 9.98. The van der Waals surface area contributed by atoms with Gasteiger partial charge in [0.2, 0.25) is 0 Å². The Bertz CT molecular complexity index is 188. The first-order chi connectivity index (χ1) is 3.80. The summed E-state index contributed by atoms with van der Waals surface area (Å²) >= 11 is -2.19. The zero-order valence-corrected chi connectivity index (χ0v) is 5.67. The molecule has 1 heterocycles. The van der Waals surface area contributed by atoms with Gasteiger partial charge in [0, 0.05) is 12.4 Å². The molecule has 0 amide bonds. The van der Waals surface area contributed by atoms with Crippen LogP contribution < -0.4 is 18.9 Å². The van der Waals surface area contributed by atoms with Crippen LogP contribution in [0.2, 0.25) is 0 Å². The van der Waals surface area contributed by atoms with Gasteiger partial charge in [-0.15, -0.1) is 0 Å². The Balaban J connectivity index is 0.000000640. The summed E-state index contributed by atoms with van der Waals surface area (Å²) in [4.78, 5) is 3.51. The van der Waals surface area contributed by atoms with Crippen LogP contribution in [0.3, 0.4) is 0 Å². The monoisotopic (exact) mass is 138 g/mol. The molecule has 0 aliphatic rings. The minimum absolute atomic E-state index is 0. The van der Waals surface area contributed by atoms with Crippen LogP contribution >= 0.6 is 0 Å². The average molecular weight is 138 g/mol. The van der Waals surface area contributed by atoms with Gasteiger partial charge in [-0.25, -0.2) is 4.98 Å². The summed E-state index contributed by atoms with van der Waals surface area (Å²) in [5, 5.41) is 0. The van der Waals surface area contributed by atoms with Crippen molar-refractivity contribution >= 4 is 11.3 Å². The second-order valence-electron chi connectivity index (χ2n) is 1.14. The van der Waals surface area contributed by atoms with Gasteiger partial charge in [0.25, 0.3) is 0 Å². The van der Waals surface area contributed by atoms with Gasteiger partial charge in [-0.05, 0) is 0 Å². The molecule has 0 aromatic carbocycles. The predicted octanol–water partition coefficient (Wildman–Crippen LogP) is -3.47. The topological polar surface area (TPSA) is 57.9 Å². The second kappa shape index (κ2) is 3.85. The van der Waals surface area contributed by atoms with Crippen molar-refractivity contribution in [1.29, 1.82) is 0 Å². The van der Waals surface area contributed by atoms with Crippen LogP contribution in [0.5, 0.6) is 0 Å². The van der Waals surface area contributed by atoms with Crippen LogP contribution in [-0.2, 0) is 11.3 Å². The molecule has 0 radical (unpaired) electrons. The Kier molecular flexibility index (Phi) is 3.82. The molecular weight excluding hydrogens is 135 g/mol. The van der Waals surface area contributed by atoms with Crippen molar-refractivity contribution in [1.82, 2.24) is 8.96 Å². The van der Waals surface area contributed by atoms with E-state index in [0.29, 0.717) is 0 Å². The van der Waals surface area contributed by atoms with Crippen LogP contribution in [0.25, 0.3) is 0 Å². The third-order valence-corrected chi connectivity index (χ3v) is 1.21. The number of hydrogen-bond acceptors (Lipinski definition) is 3. The molecule has 9 heavy (non-hydrogen) atoms. The molecular formula is C3H3LiN2O2S. The molecule has 44 valence electrons. The van der Waals surface area contributed by atoms with Crippen molar-refractivity contribution in [2.24, 2.45) is 0 Å². The Morgan fingerprint density at radius 2 is 2.33 bits per heavy atom. The van der Waals surface area contributed by atoms with E-state index in [1.165, 1.54) is 18.7 Å². The summed E-state index contributed by atoms with van der Waals surface area (Å²) in [7, 11) is 0. The first-order valence-corrected chi connectivity index (χ1v) is 2.91. The largest absolute Gasteiger partial charge is 1.00 e. The standard InChI is InChI=1S/C3H4N2O2S.Li/c6-8(7)5-2-1-4-3-5;/h1-3H,(H,6,7);/q;+1/p-1. The normalized spacial score (nSPS) is 12.1. The van der Waals surface area contributed by atoms with E-state index in [4.69, 9.17) is 0 Å². The molecule has 0 aliphatic carbocycles. The average Bonchev–Trinajstić information content (AvgIpc) is 2.12. The summed E-state index contributed by atoms with van der Waals surface area (Å²) in [5.41, 5.74) is 0. The van der Waals surface area contributed by atoms with Crippen molar-refractivity contribution in [3.63, 3.8) is 0 Å². The van der Waals surface area contributed by atoms with Crippen LogP contribution in [0.15, 0.2) is 18.7 Å². The molecule has 0 spiro atoms. The van der Waals surface area contributed by atoms with Crippen molar-refractivity contribution in [2.45, 2.75) is 0 Å². The van der Waals surface area contributed by atoms with E-state index in [0.717, 1.165) is 3.97 Å². The van der Waals surface area contributed by atoms with Crippen LogP contribution in [-0.4, -0.2) is 17.7 Å². The van der Waals surface area contributed by atoms with Crippen molar-refractivity contribution in [3.8, 4) is 0 Å². The van der Waals surface area contributed by atoms with E-state index in [1.807, 2.05) is 0 Å². The molecule has 1 rings (SSSR count). The summed E-state index contributed by atoms with van der Waals surface area (Å²) in [5.74, 6) is 0. The van der Waals surface area contributed by atoms with Crippen LogP contribution in [0, 0.1) is 0 Å². The Labute approximate surface area is 66.9 Å². The number of hydrogen-bond donors (Lipinski definition) is 0. The van der Waals surface area contributed by atoms with Gasteiger partial charge in [-0.3, -0.25) is 8.18 Å². The second-order valence-corrected chi connectivity index (χ2v) is 2.00. The van der Waals surface area contributed by atoms with E-state index in [2.05, 4.69) is 4.98 Å². The number of nitrogens with zero attached hydrogens (tertiary/aromatic N) is 2. The predicted molar refractivity (Wildman–Crippen MR) is 26.5 cm³/mol. The molecule has 1 aromatic heterocycles. The van der Waals surface area contributed by atoms with Crippen molar-refractivity contribution < 1.29 is 27.6 Å². The Hall–Kier alpha value is -0.0826. The quantitative estimate of drug-likeness (QED) is 0.299. The van der Waals surface area contributed by atoms with Gasteiger partial charge in [-0.1, -0.05) is 0 Å². The molecule has 1 aromatic rings. The molecule has 1 atom stereocenters. The molecule has 0 saturated carbocycles. The number of rotatable bonds is 1. The maximum absolute atomic E-state index is 9.98. The van der Waals surface area contributed by atoms with Crippen LogP contribution in [0.1, 0.15) is 0 Å². The third kappa shape index (κ3) is 2.33. The van der Waals surface area contributed by atoms with Gasteiger partial charge >= 0.3 is 18.9 Å². The minimum atomic E-state index is -2.19. The van der Waals surface area contributed by atoms with Crippen LogP contribution in [0.4, 0.5) is 0 Å². The van der Waals surface area contributed by atoms with E-state index < -0.39 is 11.3 Å². The fourth-order valence-corrected chi connectivity index (χ4v) is 0.620. The minimum Gasteiger partial charge on any atom is -0.755 e. The van der Waals surface area contributed by atoms with E-state index >= 15 is 0 Å². The summed E-state index contributed by atoms with van der Waals surface area (Å²) in [6.07, 6.45) is 3.96. The van der Waals surface area contributed by atoms with Gasteiger partial charge in [-0.2, -0.15) is 0 Å². The SMILES string of the molecule is O=S([O-])n1ccnc1.[Li+]. The maximum Gasteiger partial charge on any atom is 1.00 e. The fraction of sp³-hybridized carbons (Fsp3) is 0. The summed E-state index contributed by atoms with van der Waals surface area (Å²) in [6, 6.07) is 0. The molecule has 0 fully saturated rings. The number of imidazole rings is 1. The molecule has 1 unspecified atom stereocenters. The first kappa shape index (κ1) is 8.92. The Morgan fingerprint density at radius 3 is 2.56 bits per heavy atom. The van der Waals surface area contributed by atoms with E-state index in [9.17, 15) is 8.76 Å². The van der Waals surface area contributed by atoms with E-state index in [-0.39, 0.29) is 18.9 Å². The Morgan fingerprint density at radius 1 is 1.67 bits per heavy atom.